The van der Waals surface area contributed by atoms with Crippen LogP contribution in [0.25, 0.3) is 0 Å². The molecule has 1 aliphatic heterocycles. The molecule has 2 rings (SSSR count). The van der Waals surface area contributed by atoms with Crippen LogP contribution in [0.2, 0.25) is 0 Å². The van der Waals surface area contributed by atoms with Gasteiger partial charge in [0.1, 0.15) is 5.82 Å². The van der Waals surface area contributed by atoms with Crippen LogP contribution in [-0.4, -0.2) is 38.7 Å². The Balaban J connectivity index is 2.21. The molecular weight excluding hydrogens is 291 g/mol. The number of nitrogens with two attached hydrogens (primary N) is 1. The zero-order valence-corrected chi connectivity index (χ0v) is 12.4. The molecule has 3 N–H and O–H groups in total. The zero-order valence-electron chi connectivity index (χ0n) is 12.4. The Morgan fingerprint density at radius 3 is 2.68 bits per heavy atom. The van der Waals surface area contributed by atoms with Crippen molar-refractivity contribution in [1.82, 2.24) is 0 Å². The molecule has 1 aliphatic rings. The Morgan fingerprint density at radius 1 is 1.41 bits per heavy atom. The van der Waals surface area contributed by atoms with Gasteiger partial charge in [0, 0.05) is 19.8 Å². The molecule has 1 amide bonds. The van der Waals surface area contributed by atoms with Gasteiger partial charge in [-0.1, -0.05) is 0 Å². The number of esters is 1. The summed E-state index contributed by atoms with van der Waals surface area (Å²) in [6, 6.07) is 3.66. The first-order valence-corrected chi connectivity index (χ1v) is 6.99. The van der Waals surface area contributed by atoms with E-state index in [4.69, 9.17) is 10.5 Å². The first-order valence-electron chi connectivity index (χ1n) is 6.99. The number of anilines is 1. The molecule has 22 heavy (non-hydrogen) atoms. The molecule has 0 aromatic heterocycles. The van der Waals surface area contributed by atoms with E-state index in [1.165, 1.54) is 19.2 Å². The Morgan fingerprint density at radius 2 is 2.09 bits per heavy atom. The number of rotatable bonds is 4. The minimum Gasteiger partial charge on any atom is -0.465 e. The van der Waals surface area contributed by atoms with Crippen molar-refractivity contribution in [3.63, 3.8) is 0 Å². The van der Waals surface area contributed by atoms with Gasteiger partial charge in [-0.25, -0.2) is 9.18 Å². The van der Waals surface area contributed by atoms with Crippen LogP contribution in [0.3, 0.4) is 0 Å². The summed E-state index contributed by atoms with van der Waals surface area (Å²) in [7, 11) is 1.23. The highest BCUT2D eigenvalue weighted by Crippen LogP contribution is 2.31. The van der Waals surface area contributed by atoms with Crippen molar-refractivity contribution in [2.24, 2.45) is 11.1 Å². The number of benzene rings is 1. The average molecular weight is 310 g/mol. The summed E-state index contributed by atoms with van der Waals surface area (Å²) in [6.07, 6.45) is 0.960. The Labute approximate surface area is 127 Å². The van der Waals surface area contributed by atoms with Gasteiger partial charge >= 0.3 is 5.97 Å². The van der Waals surface area contributed by atoms with Gasteiger partial charge in [-0.05, 0) is 31.0 Å². The van der Waals surface area contributed by atoms with Gasteiger partial charge in [0.2, 0.25) is 5.91 Å². The SMILES string of the molecule is COC(=O)c1ccc(F)c(NC(=O)C2(CN)CCOCC2)c1. The monoisotopic (exact) mass is 310 g/mol. The number of nitrogens with one attached hydrogen (secondary N) is 1. The first-order chi connectivity index (χ1) is 10.5. The zero-order chi connectivity index (χ0) is 16.2. The molecule has 0 bridgehead atoms. The van der Waals surface area contributed by atoms with Gasteiger partial charge in [0.05, 0.1) is 23.8 Å². The van der Waals surface area contributed by atoms with Crippen LogP contribution in [0.1, 0.15) is 23.2 Å². The van der Waals surface area contributed by atoms with Gasteiger partial charge in [-0.3, -0.25) is 4.79 Å². The maximum atomic E-state index is 13.9. The van der Waals surface area contributed by atoms with E-state index in [1.54, 1.807) is 0 Å². The lowest BCUT2D eigenvalue weighted by Gasteiger charge is -2.34. The third-order valence-corrected chi connectivity index (χ3v) is 3.96. The van der Waals surface area contributed by atoms with E-state index in [2.05, 4.69) is 10.1 Å². The van der Waals surface area contributed by atoms with E-state index in [9.17, 15) is 14.0 Å². The average Bonchev–Trinajstić information content (AvgIpc) is 2.56. The molecule has 7 heteroatoms. The lowest BCUT2D eigenvalue weighted by atomic mass is 9.79. The Kier molecular flexibility index (Phi) is 5.10. The van der Waals surface area contributed by atoms with Gasteiger partial charge in [0.25, 0.3) is 0 Å². The summed E-state index contributed by atoms with van der Waals surface area (Å²) < 4.78 is 23.7. The van der Waals surface area contributed by atoms with Crippen molar-refractivity contribution in [1.29, 1.82) is 0 Å². The molecule has 1 aromatic rings. The van der Waals surface area contributed by atoms with E-state index in [1.807, 2.05) is 0 Å². The lowest BCUT2D eigenvalue weighted by Crippen LogP contribution is -2.46. The number of ether oxygens (including phenoxy) is 2. The van der Waals surface area contributed by atoms with E-state index in [0.29, 0.717) is 26.1 Å². The largest absolute Gasteiger partial charge is 0.465 e. The molecule has 0 spiro atoms. The van der Waals surface area contributed by atoms with Crippen molar-refractivity contribution >= 4 is 17.6 Å². The van der Waals surface area contributed by atoms with Crippen LogP contribution in [0.4, 0.5) is 10.1 Å². The third kappa shape index (κ3) is 3.26. The highest BCUT2D eigenvalue weighted by atomic mass is 19.1. The fourth-order valence-electron chi connectivity index (χ4n) is 2.41. The number of hydrogen-bond acceptors (Lipinski definition) is 5. The first kappa shape index (κ1) is 16.4. The highest BCUT2D eigenvalue weighted by Gasteiger charge is 2.39. The fourth-order valence-corrected chi connectivity index (χ4v) is 2.41. The molecule has 0 radical (unpaired) electrons. The minimum atomic E-state index is -0.772. The lowest BCUT2D eigenvalue weighted by molar-refractivity contribution is -0.130. The van der Waals surface area contributed by atoms with Crippen molar-refractivity contribution in [3.8, 4) is 0 Å². The van der Waals surface area contributed by atoms with Crippen molar-refractivity contribution in [2.45, 2.75) is 12.8 Å². The predicted molar refractivity (Wildman–Crippen MR) is 77.9 cm³/mol. The second kappa shape index (κ2) is 6.85. The number of amides is 1. The van der Waals surface area contributed by atoms with Gasteiger partial charge in [0.15, 0.2) is 0 Å². The number of methoxy groups -OCH3 is 1. The summed E-state index contributed by atoms with van der Waals surface area (Å²) in [4.78, 5) is 24.0. The van der Waals surface area contributed by atoms with Gasteiger partial charge < -0.3 is 20.5 Å². The molecule has 6 nitrogen and oxygen atoms in total. The summed E-state index contributed by atoms with van der Waals surface area (Å²) in [5.41, 5.74) is 5.07. The molecule has 1 aromatic carbocycles. The third-order valence-electron chi connectivity index (χ3n) is 3.96. The van der Waals surface area contributed by atoms with Crippen molar-refractivity contribution in [2.75, 3.05) is 32.2 Å². The second-order valence-electron chi connectivity index (χ2n) is 5.24. The molecule has 0 aliphatic carbocycles. The molecule has 0 unspecified atom stereocenters. The number of carbonyl (C=O) groups is 2. The standard InChI is InChI=1S/C15H19FN2O4/c1-21-13(19)10-2-3-11(16)12(8-10)18-14(20)15(9-17)4-6-22-7-5-15/h2-3,8H,4-7,9,17H2,1H3,(H,18,20). The molecule has 1 saturated heterocycles. The normalized spacial score (nSPS) is 16.9. The quantitative estimate of drug-likeness (QED) is 0.818. The summed E-state index contributed by atoms with van der Waals surface area (Å²) in [6.45, 7) is 1.03. The van der Waals surface area contributed by atoms with Crippen LogP contribution in [-0.2, 0) is 14.3 Å². The minimum absolute atomic E-state index is 0.0628. The number of hydrogen-bond donors (Lipinski definition) is 2. The van der Waals surface area contributed by atoms with E-state index in [0.717, 1.165) is 6.07 Å². The molecule has 1 fully saturated rings. The summed E-state index contributed by atoms with van der Waals surface area (Å²) >= 11 is 0. The number of halogens is 1. The smallest absolute Gasteiger partial charge is 0.337 e. The van der Waals surface area contributed by atoms with Crippen LogP contribution >= 0.6 is 0 Å². The van der Waals surface area contributed by atoms with E-state index in [-0.39, 0.29) is 23.7 Å². The highest BCUT2D eigenvalue weighted by molar-refractivity contribution is 5.97. The topological polar surface area (TPSA) is 90.7 Å². The second-order valence-corrected chi connectivity index (χ2v) is 5.24. The van der Waals surface area contributed by atoms with Crippen LogP contribution in [0, 0.1) is 11.2 Å². The van der Waals surface area contributed by atoms with Crippen LogP contribution in [0.15, 0.2) is 18.2 Å². The van der Waals surface area contributed by atoms with E-state index >= 15 is 0 Å². The molecule has 0 saturated carbocycles. The maximum absolute atomic E-state index is 13.9. The van der Waals surface area contributed by atoms with Gasteiger partial charge in [-0.2, -0.15) is 0 Å². The maximum Gasteiger partial charge on any atom is 0.337 e. The van der Waals surface area contributed by atoms with E-state index < -0.39 is 17.2 Å². The summed E-state index contributed by atoms with van der Waals surface area (Å²) in [5, 5.41) is 2.53. The molecular formula is C15H19FN2O4. The molecule has 120 valence electrons. The van der Waals surface area contributed by atoms with Crippen molar-refractivity contribution < 1.29 is 23.5 Å². The molecule has 0 atom stereocenters. The van der Waals surface area contributed by atoms with Gasteiger partial charge in [-0.15, -0.1) is 0 Å². The fraction of sp³-hybridized carbons (Fsp3) is 0.467. The number of carbonyl (C=O) groups excluding carboxylic acids is 2. The summed E-state index contributed by atoms with van der Waals surface area (Å²) in [5.74, 6) is -1.59. The van der Waals surface area contributed by atoms with Crippen LogP contribution in [0.5, 0.6) is 0 Å². The predicted octanol–water partition coefficient (Wildman–Crippen LogP) is 1.31. The van der Waals surface area contributed by atoms with Crippen molar-refractivity contribution in [3.05, 3.63) is 29.6 Å². The Hall–Kier alpha value is -1.99. The Bertz CT molecular complexity index is 571. The van der Waals surface area contributed by atoms with Crippen LogP contribution < -0.4 is 11.1 Å². The molecule has 1 heterocycles.